The fourth-order valence-electron chi connectivity index (χ4n) is 6.51. The molecule has 0 saturated carbocycles. The first kappa shape index (κ1) is 31.7. The lowest BCUT2D eigenvalue weighted by Crippen LogP contribution is -2.31. The number of carbonyl (C=O) groups excluding carboxylic acids is 2. The molecule has 0 aliphatic carbocycles. The van der Waals surface area contributed by atoms with Crippen LogP contribution in [0, 0.1) is 0 Å². The van der Waals surface area contributed by atoms with Gasteiger partial charge in [-0.3, -0.25) is 14.4 Å². The lowest BCUT2D eigenvalue weighted by molar-refractivity contribution is -0.116. The van der Waals surface area contributed by atoms with Crippen LogP contribution >= 0.6 is 0 Å². The summed E-state index contributed by atoms with van der Waals surface area (Å²) in [5, 5.41) is 6.71. The summed E-state index contributed by atoms with van der Waals surface area (Å²) in [6.07, 6.45) is 5.22. The van der Waals surface area contributed by atoms with Crippen LogP contribution < -0.4 is 30.4 Å². The van der Waals surface area contributed by atoms with Crippen molar-refractivity contribution in [1.29, 1.82) is 0 Å². The quantitative estimate of drug-likeness (QED) is 0.179. The molecule has 5 heterocycles. The summed E-state index contributed by atoms with van der Waals surface area (Å²) in [6, 6.07) is 16.3. The van der Waals surface area contributed by atoms with E-state index in [9.17, 15) is 14.4 Å². The van der Waals surface area contributed by atoms with Gasteiger partial charge in [-0.15, -0.1) is 0 Å². The number of benzene rings is 2. The molecule has 2 unspecified atom stereocenters. The number of nitrogens with one attached hydrogen (secondary N) is 4. The number of aromatic amines is 2. The number of carbonyl (C=O) groups is 2. The third-order valence-corrected chi connectivity index (χ3v) is 9.05. The molecule has 2 aliphatic rings. The molecule has 5 aromatic rings. The van der Waals surface area contributed by atoms with Gasteiger partial charge in [-0.2, -0.15) is 0 Å². The fraction of sp³-hybridized carbons (Fsp3) is 0.270. The molecule has 49 heavy (non-hydrogen) atoms. The summed E-state index contributed by atoms with van der Waals surface area (Å²) >= 11 is 0. The Hall–Kier alpha value is -5.91. The molecule has 2 aliphatic heterocycles. The molecular weight excluding hydrogens is 624 g/mol. The molecule has 2 atom stereocenters. The van der Waals surface area contributed by atoms with Crippen molar-refractivity contribution < 1.29 is 23.8 Å². The van der Waals surface area contributed by atoms with Crippen LogP contribution in [-0.4, -0.2) is 51.6 Å². The van der Waals surface area contributed by atoms with Crippen molar-refractivity contribution in [2.75, 3.05) is 20.3 Å². The van der Waals surface area contributed by atoms with E-state index in [-0.39, 0.29) is 29.5 Å². The Kier molecular flexibility index (Phi) is 8.37. The van der Waals surface area contributed by atoms with Gasteiger partial charge < -0.3 is 44.3 Å². The van der Waals surface area contributed by atoms with Crippen LogP contribution in [0.1, 0.15) is 64.4 Å². The summed E-state index contributed by atoms with van der Waals surface area (Å²) in [7, 11) is 3.24. The molecule has 252 valence electrons. The minimum absolute atomic E-state index is 0.222. The minimum atomic E-state index is -0.335. The zero-order chi connectivity index (χ0) is 34.2. The van der Waals surface area contributed by atoms with Gasteiger partial charge in [0.1, 0.15) is 24.5 Å². The van der Waals surface area contributed by atoms with Crippen LogP contribution in [0.5, 0.6) is 17.2 Å². The maximum absolute atomic E-state index is 13.7. The van der Waals surface area contributed by atoms with E-state index in [1.54, 1.807) is 20.4 Å². The molecule has 12 nitrogen and oxygen atoms in total. The van der Waals surface area contributed by atoms with E-state index >= 15 is 0 Å². The molecule has 7 rings (SSSR count). The van der Waals surface area contributed by atoms with Gasteiger partial charge in [0.15, 0.2) is 11.5 Å². The van der Waals surface area contributed by atoms with Crippen molar-refractivity contribution in [1.82, 2.24) is 30.1 Å². The molecular formula is C37H38N6O6. The lowest BCUT2D eigenvalue weighted by Gasteiger charge is -2.27. The van der Waals surface area contributed by atoms with Crippen molar-refractivity contribution in [3.8, 4) is 17.2 Å². The molecule has 12 heteroatoms. The van der Waals surface area contributed by atoms with Crippen LogP contribution in [0.4, 0.5) is 0 Å². The second kappa shape index (κ2) is 12.9. The zero-order valence-corrected chi connectivity index (χ0v) is 27.8. The van der Waals surface area contributed by atoms with Crippen LogP contribution in [0.2, 0.25) is 0 Å². The second-order valence-corrected chi connectivity index (χ2v) is 12.4. The number of ether oxygens (including phenoxy) is 3. The molecule has 2 aromatic carbocycles. The monoisotopic (exact) mass is 662 g/mol. The van der Waals surface area contributed by atoms with Gasteiger partial charge in [-0.1, -0.05) is 24.3 Å². The van der Waals surface area contributed by atoms with Crippen molar-refractivity contribution in [2.24, 2.45) is 7.05 Å². The molecule has 3 aromatic heterocycles. The first-order valence-electron chi connectivity index (χ1n) is 16.2. The fourth-order valence-corrected chi connectivity index (χ4v) is 6.51. The molecule has 2 amide bonds. The Morgan fingerprint density at radius 3 is 2.57 bits per heavy atom. The van der Waals surface area contributed by atoms with E-state index < -0.39 is 0 Å². The van der Waals surface area contributed by atoms with Crippen LogP contribution in [0.25, 0.3) is 16.5 Å². The number of hydrogen-bond acceptors (Lipinski definition) is 7. The van der Waals surface area contributed by atoms with E-state index in [0.717, 1.165) is 28.1 Å². The third kappa shape index (κ3) is 6.13. The molecule has 0 bridgehead atoms. The number of nitrogens with zero attached hydrogens (tertiary/aromatic N) is 2. The summed E-state index contributed by atoms with van der Waals surface area (Å²) in [4.78, 5) is 49.1. The smallest absolute Gasteiger partial charge is 0.274 e. The van der Waals surface area contributed by atoms with E-state index in [1.165, 1.54) is 4.57 Å². The number of rotatable bonds is 9. The Balaban J connectivity index is 1.13. The molecule has 4 N–H and O–H groups in total. The summed E-state index contributed by atoms with van der Waals surface area (Å²) < 4.78 is 18.3. The van der Waals surface area contributed by atoms with Crippen molar-refractivity contribution in [2.45, 2.75) is 39.0 Å². The average Bonchev–Trinajstić information content (AvgIpc) is 3.76. The van der Waals surface area contributed by atoms with Crippen LogP contribution in [-0.2, 0) is 24.9 Å². The zero-order valence-electron chi connectivity index (χ0n) is 27.8. The standard InChI is InChI=1S/C37H38N6O6/c1-21(23-9-10-32-33(15-23)49-14-13-48-32)39-35(44)28-18-42(3)37(46)34-27(28)16-24(41-34)17-43-19-29(26-11-12-38-30(26)20-43)36(45)40-22(2)25-7-5-6-8-31(25)47-4/h5-12,15-16,18-19,21-22,38,41H,13-14,17,20H2,1-4H3,(H,39,44)(H,40,45). The number of aromatic nitrogens is 3. The SMILES string of the molecule is COc1ccccc1C(C)NC(=O)C1=CN(Cc2cc3c(C(=O)NC(C)c4ccc5c(c4)OCCO5)cn(C)c(=O)c3[nH]2)Cc2[nH]ccc21. The highest BCUT2D eigenvalue weighted by Gasteiger charge is 2.26. The highest BCUT2D eigenvalue weighted by Crippen LogP contribution is 2.33. The number of fused-ring (bicyclic) bond motifs is 3. The first-order valence-corrected chi connectivity index (χ1v) is 16.2. The summed E-state index contributed by atoms with van der Waals surface area (Å²) in [5.74, 6) is 1.49. The van der Waals surface area contributed by atoms with Gasteiger partial charge in [-0.25, -0.2) is 0 Å². The molecule has 0 radical (unpaired) electrons. The highest BCUT2D eigenvalue weighted by molar-refractivity contribution is 6.20. The van der Waals surface area contributed by atoms with Gasteiger partial charge >= 0.3 is 0 Å². The van der Waals surface area contributed by atoms with Crippen molar-refractivity contribution >= 4 is 28.3 Å². The molecule has 0 spiro atoms. The summed E-state index contributed by atoms with van der Waals surface area (Å²) in [6.45, 7) is 5.68. The average molecular weight is 663 g/mol. The molecule has 0 saturated heterocycles. The Morgan fingerprint density at radius 2 is 1.76 bits per heavy atom. The van der Waals surface area contributed by atoms with E-state index in [0.29, 0.717) is 65.6 Å². The predicted molar refractivity (Wildman–Crippen MR) is 184 cm³/mol. The number of hydrogen-bond donors (Lipinski definition) is 4. The number of methoxy groups -OCH3 is 1. The van der Waals surface area contributed by atoms with E-state index in [1.807, 2.05) is 85.7 Å². The molecule has 0 fully saturated rings. The Bertz CT molecular complexity index is 2160. The maximum atomic E-state index is 13.7. The Morgan fingerprint density at radius 1 is 0.980 bits per heavy atom. The van der Waals surface area contributed by atoms with Crippen LogP contribution in [0.3, 0.4) is 0 Å². The summed E-state index contributed by atoms with van der Waals surface area (Å²) in [5.41, 5.74) is 5.18. The Labute approximate surface area is 282 Å². The lowest BCUT2D eigenvalue weighted by atomic mass is 10.0. The third-order valence-electron chi connectivity index (χ3n) is 9.05. The van der Waals surface area contributed by atoms with Crippen molar-refractivity contribution in [3.63, 3.8) is 0 Å². The van der Waals surface area contributed by atoms with Gasteiger partial charge in [0.25, 0.3) is 17.4 Å². The van der Waals surface area contributed by atoms with Gasteiger partial charge in [0, 0.05) is 53.5 Å². The number of pyridine rings is 1. The number of H-pyrrole nitrogens is 2. The second-order valence-electron chi connectivity index (χ2n) is 12.4. The highest BCUT2D eigenvalue weighted by atomic mass is 16.6. The van der Waals surface area contributed by atoms with Gasteiger partial charge in [0.2, 0.25) is 0 Å². The number of aryl methyl sites for hydroxylation is 1. The normalized spacial score (nSPS) is 14.9. The largest absolute Gasteiger partial charge is 0.496 e. The van der Waals surface area contributed by atoms with Crippen LogP contribution in [0.15, 0.2) is 78.0 Å². The predicted octanol–water partition coefficient (Wildman–Crippen LogP) is 4.70. The first-order chi connectivity index (χ1) is 23.7. The number of para-hydroxylation sites is 1. The van der Waals surface area contributed by atoms with Gasteiger partial charge in [-0.05, 0) is 49.7 Å². The van der Waals surface area contributed by atoms with Crippen molar-refractivity contribution in [3.05, 3.63) is 117 Å². The number of amides is 2. The topological polar surface area (TPSA) is 143 Å². The van der Waals surface area contributed by atoms with E-state index in [2.05, 4.69) is 20.6 Å². The minimum Gasteiger partial charge on any atom is -0.496 e. The maximum Gasteiger partial charge on any atom is 0.274 e. The van der Waals surface area contributed by atoms with Gasteiger partial charge in [0.05, 0.1) is 43.4 Å². The van der Waals surface area contributed by atoms with E-state index in [4.69, 9.17) is 14.2 Å².